The molecule has 2 N–H and O–H groups in total. The Morgan fingerprint density at radius 2 is 1.96 bits per heavy atom. The number of anilines is 1. The summed E-state index contributed by atoms with van der Waals surface area (Å²) in [6.07, 6.45) is -3.44. The van der Waals surface area contributed by atoms with Crippen LogP contribution < -0.4 is 10.6 Å². The first kappa shape index (κ1) is 20.0. The Balaban J connectivity index is 1.76. The van der Waals surface area contributed by atoms with Gasteiger partial charge >= 0.3 is 6.18 Å². The summed E-state index contributed by atoms with van der Waals surface area (Å²) in [6, 6.07) is 6.26. The first-order chi connectivity index (χ1) is 12.1. The van der Waals surface area contributed by atoms with Crippen LogP contribution in [-0.2, 0) is 22.3 Å². The number of halogens is 4. The number of alkyl halides is 3. The lowest BCUT2D eigenvalue weighted by atomic mass is 10.2. The van der Waals surface area contributed by atoms with Crippen molar-refractivity contribution in [2.75, 3.05) is 11.9 Å². The molecule has 6 nitrogen and oxygen atoms in total. The van der Waals surface area contributed by atoms with Crippen molar-refractivity contribution in [1.82, 2.24) is 15.1 Å². The van der Waals surface area contributed by atoms with Crippen molar-refractivity contribution in [2.24, 2.45) is 0 Å². The minimum Gasteiger partial charge on any atom is -0.354 e. The lowest BCUT2D eigenvalue weighted by molar-refractivity contribution is -0.141. The number of benzene rings is 1. The van der Waals surface area contributed by atoms with Gasteiger partial charge in [0.05, 0.1) is 0 Å². The lowest BCUT2D eigenvalue weighted by Crippen LogP contribution is -2.31. The van der Waals surface area contributed by atoms with Crippen LogP contribution in [0.2, 0.25) is 0 Å². The Morgan fingerprint density at radius 1 is 1.23 bits per heavy atom. The highest BCUT2D eigenvalue weighted by atomic mass is 79.9. The molecule has 0 radical (unpaired) electrons. The number of hydrogen-bond donors (Lipinski definition) is 2. The molecule has 1 aromatic heterocycles. The van der Waals surface area contributed by atoms with E-state index in [0.29, 0.717) is 5.69 Å². The third-order valence-electron chi connectivity index (χ3n) is 3.38. The van der Waals surface area contributed by atoms with E-state index in [1.807, 2.05) is 19.1 Å². The molecule has 1 aromatic carbocycles. The van der Waals surface area contributed by atoms with Crippen LogP contribution in [0.5, 0.6) is 0 Å². The molecule has 140 valence electrons. The Hall–Kier alpha value is -2.36. The fourth-order valence-corrected chi connectivity index (χ4v) is 2.42. The van der Waals surface area contributed by atoms with Crippen molar-refractivity contribution in [3.05, 3.63) is 46.2 Å². The molecule has 0 aliphatic carbocycles. The van der Waals surface area contributed by atoms with Crippen LogP contribution in [0.3, 0.4) is 0 Å². The van der Waals surface area contributed by atoms with Gasteiger partial charge in [0, 0.05) is 29.3 Å². The van der Waals surface area contributed by atoms with Gasteiger partial charge in [0.25, 0.3) is 0 Å². The second kappa shape index (κ2) is 8.35. The molecular formula is C16H16BrF3N4O2. The second-order valence-corrected chi connectivity index (χ2v) is 6.42. The van der Waals surface area contributed by atoms with Crippen LogP contribution in [0.1, 0.15) is 17.7 Å². The SMILES string of the molecule is Cc1ccc(Br)cc1NC(=O)CCNC(=O)Cn1ccc(C(F)(F)F)n1. The van der Waals surface area contributed by atoms with E-state index in [-0.39, 0.29) is 25.4 Å². The zero-order valence-corrected chi connectivity index (χ0v) is 15.3. The normalized spacial score (nSPS) is 11.3. The van der Waals surface area contributed by atoms with Crippen LogP contribution in [0.15, 0.2) is 34.9 Å². The summed E-state index contributed by atoms with van der Waals surface area (Å²) in [4.78, 5) is 23.6. The number of carbonyl (C=O) groups is 2. The molecule has 0 unspecified atom stereocenters. The molecule has 10 heteroatoms. The highest BCUT2D eigenvalue weighted by Gasteiger charge is 2.33. The molecule has 0 atom stereocenters. The quantitative estimate of drug-likeness (QED) is 0.735. The van der Waals surface area contributed by atoms with Crippen molar-refractivity contribution in [3.8, 4) is 0 Å². The molecule has 26 heavy (non-hydrogen) atoms. The minimum atomic E-state index is -4.55. The maximum absolute atomic E-state index is 12.4. The van der Waals surface area contributed by atoms with Crippen molar-refractivity contribution >= 4 is 33.4 Å². The fourth-order valence-electron chi connectivity index (χ4n) is 2.06. The van der Waals surface area contributed by atoms with Crippen molar-refractivity contribution < 1.29 is 22.8 Å². The highest BCUT2D eigenvalue weighted by molar-refractivity contribution is 9.10. The standard InChI is InChI=1S/C16H16BrF3N4O2/c1-10-2-3-11(17)8-12(10)22-14(25)4-6-21-15(26)9-24-7-5-13(23-24)16(18,19)20/h2-3,5,7-8H,4,6,9H2,1H3,(H,21,26)(H,22,25). The predicted octanol–water partition coefficient (Wildman–Crippen LogP) is 3.12. The zero-order chi connectivity index (χ0) is 19.3. The number of carbonyl (C=O) groups excluding carboxylic acids is 2. The molecule has 0 fully saturated rings. The predicted molar refractivity (Wildman–Crippen MR) is 92.4 cm³/mol. The third-order valence-corrected chi connectivity index (χ3v) is 3.88. The molecule has 0 aliphatic rings. The molecular weight excluding hydrogens is 417 g/mol. The molecule has 0 saturated carbocycles. The lowest BCUT2D eigenvalue weighted by Gasteiger charge is -2.09. The average Bonchev–Trinajstić information content (AvgIpc) is 2.99. The molecule has 2 rings (SSSR count). The number of rotatable bonds is 6. The van der Waals surface area contributed by atoms with Gasteiger partial charge in [-0.2, -0.15) is 18.3 Å². The Bertz CT molecular complexity index is 805. The molecule has 0 saturated heterocycles. The van der Waals surface area contributed by atoms with Gasteiger partial charge in [-0.3, -0.25) is 14.3 Å². The van der Waals surface area contributed by atoms with Crippen LogP contribution in [0, 0.1) is 6.92 Å². The van der Waals surface area contributed by atoms with E-state index in [1.165, 1.54) is 0 Å². The van der Waals surface area contributed by atoms with Crippen molar-refractivity contribution in [1.29, 1.82) is 0 Å². The van der Waals surface area contributed by atoms with Gasteiger partial charge in [0.15, 0.2) is 5.69 Å². The maximum Gasteiger partial charge on any atom is 0.435 e. The third kappa shape index (κ3) is 5.87. The molecule has 2 aromatic rings. The Morgan fingerprint density at radius 3 is 2.62 bits per heavy atom. The van der Waals surface area contributed by atoms with E-state index in [4.69, 9.17) is 0 Å². The second-order valence-electron chi connectivity index (χ2n) is 5.50. The maximum atomic E-state index is 12.4. The van der Waals surface area contributed by atoms with Gasteiger partial charge < -0.3 is 10.6 Å². The molecule has 2 amide bonds. The average molecular weight is 433 g/mol. The Kier molecular flexibility index (Phi) is 6.41. The summed E-state index contributed by atoms with van der Waals surface area (Å²) in [5.41, 5.74) is 0.491. The summed E-state index contributed by atoms with van der Waals surface area (Å²) in [7, 11) is 0. The largest absolute Gasteiger partial charge is 0.435 e. The van der Waals surface area contributed by atoms with Gasteiger partial charge in [-0.15, -0.1) is 0 Å². The van der Waals surface area contributed by atoms with Crippen LogP contribution >= 0.6 is 15.9 Å². The number of amides is 2. The topological polar surface area (TPSA) is 76.0 Å². The fraction of sp³-hybridized carbons (Fsp3) is 0.312. The monoisotopic (exact) mass is 432 g/mol. The summed E-state index contributed by atoms with van der Waals surface area (Å²) in [5, 5.41) is 8.49. The summed E-state index contributed by atoms with van der Waals surface area (Å²) >= 11 is 3.32. The first-order valence-electron chi connectivity index (χ1n) is 7.58. The summed E-state index contributed by atoms with van der Waals surface area (Å²) < 4.78 is 39.0. The molecule has 0 aliphatic heterocycles. The van der Waals surface area contributed by atoms with Crippen LogP contribution in [0.4, 0.5) is 18.9 Å². The van der Waals surface area contributed by atoms with E-state index in [2.05, 4.69) is 31.7 Å². The summed E-state index contributed by atoms with van der Waals surface area (Å²) in [5.74, 6) is -0.821. The van der Waals surface area contributed by atoms with Gasteiger partial charge in [-0.25, -0.2) is 0 Å². The smallest absolute Gasteiger partial charge is 0.354 e. The minimum absolute atomic E-state index is 0.0323. The van der Waals surface area contributed by atoms with Crippen molar-refractivity contribution in [2.45, 2.75) is 26.1 Å². The molecule has 0 spiro atoms. The van der Waals surface area contributed by atoms with Crippen LogP contribution in [0.25, 0.3) is 0 Å². The number of aryl methyl sites for hydroxylation is 1. The van der Waals surface area contributed by atoms with Gasteiger partial charge in [-0.05, 0) is 30.7 Å². The number of hydrogen-bond acceptors (Lipinski definition) is 3. The number of nitrogens with zero attached hydrogens (tertiary/aromatic N) is 2. The number of nitrogens with one attached hydrogen (secondary N) is 2. The van der Waals surface area contributed by atoms with Crippen molar-refractivity contribution in [3.63, 3.8) is 0 Å². The van der Waals surface area contributed by atoms with E-state index in [1.54, 1.807) is 6.07 Å². The highest BCUT2D eigenvalue weighted by Crippen LogP contribution is 2.27. The zero-order valence-electron chi connectivity index (χ0n) is 13.7. The van der Waals surface area contributed by atoms with Gasteiger partial charge in [-0.1, -0.05) is 22.0 Å². The Labute approximate surface area is 155 Å². The van der Waals surface area contributed by atoms with E-state index in [0.717, 1.165) is 27.0 Å². The molecule has 0 bridgehead atoms. The van der Waals surface area contributed by atoms with E-state index in [9.17, 15) is 22.8 Å². The molecule has 1 heterocycles. The van der Waals surface area contributed by atoms with E-state index >= 15 is 0 Å². The van der Waals surface area contributed by atoms with Gasteiger partial charge in [0.1, 0.15) is 6.54 Å². The number of aromatic nitrogens is 2. The van der Waals surface area contributed by atoms with E-state index < -0.39 is 17.8 Å². The summed E-state index contributed by atoms with van der Waals surface area (Å²) in [6.45, 7) is 1.55. The first-order valence-corrected chi connectivity index (χ1v) is 8.38. The van der Waals surface area contributed by atoms with Crippen LogP contribution in [-0.4, -0.2) is 28.1 Å². The van der Waals surface area contributed by atoms with Gasteiger partial charge in [0.2, 0.25) is 11.8 Å².